The van der Waals surface area contributed by atoms with Gasteiger partial charge in [0.2, 0.25) is 5.91 Å². The summed E-state index contributed by atoms with van der Waals surface area (Å²) in [4.78, 5) is 15.9. The molecule has 18 heavy (non-hydrogen) atoms. The zero-order chi connectivity index (χ0) is 12.5. The van der Waals surface area contributed by atoms with Crippen LogP contribution < -0.4 is 5.32 Å². The second-order valence-electron chi connectivity index (χ2n) is 4.74. The van der Waals surface area contributed by atoms with Crippen LogP contribution in [0, 0.1) is 0 Å². The number of anilines is 1. The van der Waals surface area contributed by atoms with Crippen molar-refractivity contribution in [3.8, 4) is 0 Å². The van der Waals surface area contributed by atoms with E-state index in [1.807, 2.05) is 23.9 Å². The summed E-state index contributed by atoms with van der Waals surface area (Å²) in [6.07, 6.45) is 6.21. The number of imidazole rings is 1. The first-order chi connectivity index (χ1) is 8.70. The Labute approximate surface area is 104 Å². The van der Waals surface area contributed by atoms with Crippen LogP contribution in [0.4, 0.5) is 5.82 Å². The number of carbonyl (C=O) groups excluding carboxylic acids is 1. The molecule has 0 aliphatic heterocycles. The third-order valence-electron chi connectivity index (χ3n) is 2.98. The van der Waals surface area contributed by atoms with Crippen molar-refractivity contribution in [3.05, 3.63) is 30.0 Å². The van der Waals surface area contributed by atoms with E-state index in [-0.39, 0.29) is 12.3 Å². The molecule has 1 saturated carbocycles. The minimum Gasteiger partial charge on any atom is -0.340 e. The van der Waals surface area contributed by atoms with Crippen molar-refractivity contribution in [1.82, 2.24) is 19.7 Å². The first kappa shape index (κ1) is 11.0. The first-order valence-electron chi connectivity index (χ1n) is 6.03. The third-order valence-corrected chi connectivity index (χ3v) is 2.98. The van der Waals surface area contributed by atoms with E-state index in [2.05, 4.69) is 20.5 Å². The van der Waals surface area contributed by atoms with Gasteiger partial charge in [-0.2, -0.15) is 5.10 Å². The Balaban J connectivity index is 1.59. The number of carbonyl (C=O) groups is 1. The van der Waals surface area contributed by atoms with Gasteiger partial charge in [-0.1, -0.05) is 0 Å². The zero-order valence-corrected chi connectivity index (χ0v) is 10.2. The topological polar surface area (TPSA) is 75.6 Å². The lowest BCUT2D eigenvalue weighted by Gasteiger charge is -1.98. The minimum absolute atomic E-state index is 0.0949. The van der Waals surface area contributed by atoms with Crippen LogP contribution in [0.5, 0.6) is 0 Å². The number of rotatable bonds is 4. The van der Waals surface area contributed by atoms with E-state index < -0.39 is 0 Å². The summed E-state index contributed by atoms with van der Waals surface area (Å²) in [5.41, 5.74) is 1.87. The molecule has 0 saturated heterocycles. The summed E-state index contributed by atoms with van der Waals surface area (Å²) in [5.74, 6) is 1.11. The highest BCUT2D eigenvalue weighted by molar-refractivity contribution is 5.91. The fraction of sp³-hybridized carbons (Fsp3) is 0.417. The van der Waals surface area contributed by atoms with E-state index in [0.29, 0.717) is 11.7 Å². The molecule has 2 aromatic heterocycles. The predicted octanol–water partition coefficient (Wildman–Crippen LogP) is 1.20. The highest BCUT2D eigenvalue weighted by Gasteiger charge is 2.25. The van der Waals surface area contributed by atoms with Gasteiger partial charge in [-0.25, -0.2) is 4.98 Å². The molecule has 6 nitrogen and oxygen atoms in total. The molecule has 2 N–H and O–H groups in total. The largest absolute Gasteiger partial charge is 0.340 e. The van der Waals surface area contributed by atoms with Gasteiger partial charge in [0.1, 0.15) is 0 Å². The second kappa shape index (κ2) is 4.29. The predicted molar refractivity (Wildman–Crippen MR) is 66.1 cm³/mol. The van der Waals surface area contributed by atoms with Gasteiger partial charge in [-0.15, -0.1) is 0 Å². The number of amides is 1. The van der Waals surface area contributed by atoms with Crippen LogP contribution in [0.25, 0.3) is 0 Å². The van der Waals surface area contributed by atoms with Gasteiger partial charge >= 0.3 is 0 Å². The summed E-state index contributed by atoms with van der Waals surface area (Å²) >= 11 is 0. The smallest absolute Gasteiger partial charge is 0.231 e. The average Bonchev–Trinajstić information content (AvgIpc) is 2.95. The number of hydrogen-bond donors (Lipinski definition) is 2. The van der Waals surface area contributed by atoms with E-state index in [1.54, 1.807) is 6.33 Å². The van der Waals surface area contributed by atoms with E-state index >= 15 is 0 Å². The first-order valence-corrected chi connectivity index (χ1v) is 6.03. The number of nitrogens with zero attached hydrogens (tertiary/aromatic N) is 3. The van der Waals surface area contributed by atoms with Crippen molar-refractivity contribution >= 4 is 11.7 Å². The highest BCUT2D eigenvalue weighted by atomic mass is 16.1. The van der Waals surface area contributed by atoms with Crippen molar-refractivity contribution in [2.45, 2.75) is 25.2 Å². The molecule has 1 aliphatic carbocycles. The summed E-state index contributed by atoms with van der Waals surface area (Å²) in [6, 6.07) is 1.91. The Morgan fingerprint density at radius 2 is 2.44 bits per heavy atom. The SMILES string of the molecule is Cn1cnc(CC(=O)Nc2cc(C3CC3)[nH]n2)c1. The zero-order valence-electron chi connectivity index (χ0n) is 10.2. The molecule has 0 bridgehead atoms. The van der Waals surface area contributed by atoms with Gasteiger partial charge < -0.3 is 9.88 Å². The van der Waals surface area contributed by atoms with Crippen LogP contribution in [-0.4, -0.2) is 25.7 Å². The van der Waals surface area contributed by atoms with Crippen molar-refractivity contribution in [2.24, 2.45) is 7.05 Å². The lowest BCUT2D eigenvalue weighted by atomic mass is 10.3. The highest BCUT2D eigenvalue weighted by Crippen LogP contribution is 2.39. The number of nitrogens with one attached hydrogen (secondary N) is 2. The van der Waals surface area contributed by atoms with Crippen LogP contribution >= 0.6 is 0 Å². The van der Waals surface area contributed by atoms with Gasteiger partial charge in [0, 0.05) is 30.9 Å². The monoisotopic (exact) mass is 245 g/mol. The summed E-state index contributed by atoms with van der Waals surface area (Å²) < 4.78 is 1.82. The van der Waals surface area contributed by atoms with Crippen molar-refractivity contribution in [3.63, 3.8) is 0 Å². The number of aryl methyl sites for hydroxylation is 1. The van der Waals surface area contributed by atoms with E-state index in [9.17, 15) is 4.79 Å². The Morgan fingerprint density at radius 3 is 3.11 bits per heavy atom. The molecular formula is C12H15N5O. The number of aromatic amines is 1. The fourth-order valence-electron chi connectivity index (χ4n) is 1.91. The van der Waals surface area contributed by atoms with Crippen LogP contribution in [0.3, 0.4) is 0 Å². The molecule has 1 aliphatic rings. The quantitative estimate of drug-likeness (QED) is 0.849. The fourth-order valence-corrected chi connectivity index (χ4v) is 1.91. The molecule has 0 unspecified atom stereocenters. The van der Waals surface area contributed by atoms with Gasteiger partial charge in [-0.05, 0) is 12.8 Å². The van der Waals surface area contributed by atoms with Gasteiger partial charge in [0.15, 0.2) is 5.82 Å². The van der Waals surface area contributed by atoms with E-state index in [1.165, 1.54) is 12.8 Å². The summed E-state index contributed by atoms with van der Waals surface area (Å²) in [7, 11) is 1.88. The molecule has 6 heteroatoms. The Bertz CT molecular complexity index is 567. The van der Waals surface area contributed by atoms with Crippen molar-refractivity contribution in [1.29, 1.82) is 0 Å². The van der Waals surface area contributed by atoms with Crippen LogP contribution in [0.15, 0.2) is 18.6 Å². The maximum Gasteiger partial charge on any atom is 0.231 e. The van der Waals surface area contributed by atoms with Gasteiger partial charge in [0.05, 0.1) is 18.4 Å². The third kappa shape index (κ3) is 2.42. The molecule has 94 valence electrons. The molecule has 0 atom stereocenters. The standard InChI is InChI=1S/C12H15N5O/c1-17-6-9(13-7-17)4-12(18)14-11-5-10(15-16-11)8-2-3-8/h5-8H,2-4H2,1H3,(H2,14,15,16,18). The maximum absolute atomic E-state index is 11.8. The van der Waals surface area contributed by atoms with Crippen molar-refractivity contribution in [2.75, 3.05) is 5.32 Å². The van der Waals surface area contributed by atoms with Gasteiger partial charge in [0.25, 0.3) is 0 Å². The average molecular weight is 245 g/mol. The van der Waals surface area contributed by atoms with E-state index in [4.69, 9.17) is 0 Å². The van der Waals surface area contributed by atoms with Gasteiger partial charge in [-0.3, -0.25) is 9.89 Å². The molecule has 0 aromatic carbocycles. The van der Waals surface area contributed by atoms with Crippen LogP contribution in [0.1, 0.15) is 30.1 Å². The molecule has 3 rings (SSSR count). The molecule has 1 amide bonds. The molecule has 1 fully saturated rings. The number of hydrogen-bond acceptors (Lipinski definition) is 3. The number of H-pyrrole nitrogens is 1. The van der Waals surface area contributed by atoms with Crippen LogP contribution in [-0.2, 0) is 18.3 Å². The minimum atomic E-state index is -0.0949. The summed E-state index contributed by atoms with van der Waals surface area (Å²) in [6.45, 7) is 0. The van der Waals surface area contributed by atoms with Crippen LogP contribution in [0.2, 0.25) is 0 Å². The summed E-state index contributed by atoms with van der Waals surface area (Å²) in [5, 5.41) is 9.81. The lowest BCUT2D eigenvalue weighted by molar-refractivity contribution is -0.115. The Kier molecular flexibility index (Phi) is 2.62. The molecular weight excluding hydrogens is 230 g/mol. The molecule has 0 radical (unpaired) electrons. The number of aromatic nitrogens is 4. The molecule has 0 spiro atoms. The maximum atomic E-state index is 11.8. The van der Waals surface area contributed by atoms with Crippen molar-refractivity contribution < 1.29 is 4.79 Å². The Morgan fingerprint density at radius 1 is 1.61 bits per heavy atom. The normalized spacial score (nSPS) is 14.7. The second-order valence-corrected chi connectivity index (χ2v) is 4.74. The lowest BCUT2D eigenvalue weighted by Crippen LogP contribution is -2.14. The molecule has 2 heterocycles. The van der Waals surface area contributed by atoms with E-state index in [0.717, 1.165) is 11.4 Å². The Hall–Kier alpha value is -2.11. The molecule has 2 aromatic rings.